The normalized spacial score (nSPS) is 12.6. The van der Waals surface area contributed by atoms with Gasteiger partial charge in [-0.2, -0.15) is 0 Å². The van der Waals surface area contributed by atoms with E-state index >= 15 is 0 Å². The van der Waals surface area contributed by atoms with Crippen LogP contribution in [0.3, 0.4) is 0 Å². The molecule has 0 aromatic heterocycles. The number of carbonyl (C=O) groups excluding carboxylic acids is 1. The van der Waals surface area contributed by atoms with Crippen LogP contribution in [0, 0.1) is 11.7 Å². The molecule has 1 rings (SSSR count). The van der Waals surface area contributed by atoms with Crippen molar-refractivity contribution in [2.75, 3.05) is 0 Å². The van der Waals surface area contributed by atoms with Crippen molar-refractivity contribution in [1.82, 2.24) is 5.32 Å². The molecule has 0 aliphatic rings. The van der Waals surface area contributed by atoms with E-state index in [1.165, 1.54) is 30.4 Å². The number of rotatable bonds is 5. The van der Waals surface area contributed by atoms with Crippen molar-refractivity contribution in [3.8, 4) is 0 Å². The number of benzene rings is 1. The number of carbonyl (C=O) groups is 2. The van der Waals surface area contributed by atoms with E-state index in [9.17, 15) is 14.0 Å². The zero-order valence-corrected chi connectivity index (χ0v) is 10.8. The fourth-order valence-electron chi connectivity index (χ4n) is 1.50. The van der Waals surface area contributed by atoms with Crippen molar-refractivity contribution in [3.63, 3.8) is 0 Å². The Morgan fingerprint density at radius 3 is 2.58 bits per heavy atom. The summed E-state index contributed by atoms with van der Waals surface area (Å²) in [5.74, 6) is -2.22. The van der Waals surface area contributed by atoms with Crippen LogP contribution in [0.15, 0.2) is 30.3 Å². The van der Waals surface area contributed by atoms with Gasteiger partial charge in [0.25, 0.3) is 0 Å². The average molecular weight is 265 g/mol. The summed E-state index contributed by atoms with van der Waals surface area (Å²) in [4.78, 5) is 22.5. The summed E-state index contributed by atoms with van der Waals surface area (Å²) < 4.78 is 12.9. The highest BCUT2D eigenvalue weighted by molar-refractivity contribution is 5.94. The van der Waals surface area contributed by atoms with Gasteiger partial charge in [-0.25, -0.2) is 9.18 Å². The highest BCUT2D eigenvalue weighted by Crippen LogP contribution is 2.06. The summed E-state index contributed by atoms with van der Waals surface area (Å²) in [6.07, 6.45) is 2.62. The Morgan fingerprint density at radius 1 is 1.37 bits per heavy atom. The topological polar surface area (TPSA) is 66.4 Å². The molecule has 0 unspecified atom stereocenters. The van der Waals surface area contributed by atoms with Crippen LogP contribution in [0.25, 0.3) is 6.08 Å². The smallest absolute Gasteiger partial charge is 0.326 e. The average Bonchev–Trinajstić information content (AvgIpc) is 2.32. The molecule has 19 heavy (non-hydrogen) atoms. The molecule has 1 amide bonds. The van der Waals surface area contributed by atoms with Crippen LogP contribution in [0.1, 0.15) is 19.4 Å². The molecule has 1 aromatic carbocycles. The molecule has 5 heteroatoms. The van der Waals surface area contributed by atoms with Crippen molar-refractivity contribution in [1.29, 1.82) is 0 Å². The van der Waals surface area contributed by atoms with Crippen LogP contribution >= 0.6 is 0 Å². The lowest BCUT2D eigenvalue weighted by atomic mass is 10.0. The highest BCUT2D eigenvalue weighted by Gasteiger charge is 2.22. The summed E-state index contributed by atoms with van der Waals surface area (Å²) in [5.41, 5.74) is 0.534. The Labute approximate surface area is 110 Å². The molecule has 0 fully saturated rings. The van der Waals surface area contributed by atoms with Crippen molar-refractivity contribution in [2.24, 2.45) is 5.92 Å². The molecule has 1 atom stereocenters. The number of amides is 1. The Hall–Kier alpha value is -2.17. The first-order valence-electron chi connectivity index (χ1n) is 5.87. The first-order valence-corrected chi connectivity index (χ1v) is 5.87. The zero-order valence-electron chi connectivity index (χ0n) is 10.8. The molecule has 0 bridgehead atoms. The fraction of sp³-hybridized carbons (Fsp3) is 0.286. The van der Waals surface area contributed by atoms with Crippen molar-refractivity contribution in [3.05, 3.63) is 41.7 Å². The van der Waals surface area contributed by atoms with Gasteiger partial charge in [-0.15, -0.1) is 0 Å². The van der Waals surface area contributed by atoms with Crippen LogP contribution in [0.4, 0.5) is 4.39 Å². The minimum absolute atomic E-state index is 0.219. The van der Waals surface area contributed by atoms with E-state index < -0.39 is 23.7 Å². The van der Waals surface area contributed by atoms with E-state index in [1.807, 2.05) is 0 Å². The van der Waals surface area contributed by atoms with Gasteiger partial charge in [0.2, 0.25) is 5.91 Å². The highest BCUT2D eigenvalue weighted by atomic mass is 19.1. The number of nitrogens with one attached hydrogen (secondary N) is 1. The van der Waals surface area contributed by atoms with Crippen LogP contribution in [-0.4, -0.2) is 23.0 Å². The number of hydrogen-bond donors (Lipinski definition) is 2. The third-order valence-electron chi connectivity index (χ3n) is 2.51. The molecule has 0 saturated carbocycles. The lowest BCUT2D eigenvalue weighted by molar-refractivity contribution is -0.142. The number of aliphatic carboxylic acids is 1. The SMILES string of the molecule is CC(C)[C@@H](NC(=O)/C=C/c1cccc(F)c1)C(=O)O. The van der Waals surface area contributed by atoms with Gasteiger partial charge in [0.15, 0.2) is 0 Å². The fourth-order valence-corrected chi connectivity index (χ4v) is 1.50. The predicted molar refractivity (Wildman–Crippen MR) is 69.8 cm³/mol. The quantitative estimate of drug-likeness (QED) is 0.801. The minimum Gasteiger partial charge on any atom is -0.480 e. The first-order chi connectivity index (χ1) is 8.90. The third-order valence-corrected chi connectivity index (χ3v) is 2.51. The van der Waals surface area contributed by atoms with E-state index in [1.54, 1.807) is 19.9 Å². The molecule has 1 aromatic rings. The minimum atomic E-state index is -1.08. The van der Waals surface area contributed by atoms with Gasteiger partial charge in [-0.05, 0) is 29.7 Å². The van der Waals surface area contributed by atoms with E-state index in [0.717, 1.165) is 0 Å². The molecular formula is C14H16FNO3. The van der Waals surface area contributed by atoms with Crippen LogP contribution in [0.2, 0.25) is 0 Å². The molecular weight excluding hydrogens is 249 g/mol. The zero-order chi connectivity index (χ0) is 14.4. The van der Waals surface area contributed by atoms with Crippen molar-refractivity contribution >= 4 is 18.0 Å². The van der Waals surface area contributed by atoms with Crippen molar-refractivity contribution in [2.45, 2.75) is 19.9 Å². The maximum Gasteiger partial charge on any atom is 0.326 e. The first kappa shape index (κ1) is 14.9. The van der Waals surface area contributed by atoms with E-state index in [4.69, 9.17) is 5.11 Å². The van der Waals surface area contributed by atoms with Gasteiger partial charge in [0.1, 0.15) is 11.9 Å². The molecule has 102 valence electrons. The number of carboxylic acid groups (broad SMARTS) is 1. The Balaban J connectivity index is 2.67. The summed E-state index contributed by atoms with van der Waals surface area (Å²) in [6.45, 7) is 3.41. The second kappa shape index (κ2) is 6.68. The predicted octanol–water partition coefficient (Wildman–Crippen LogP) is 2.06. The second-order valence-corrected chi connectivity index (χ2v) is 4.46. The molecule has 0 aliphatic carbocycles. The van der Waals surface area contributed by atoms with Crippen LogP contribution in [-0.2, 0) is 9.59 Å². The standard InChI is InChI=1S/C14H16FNO3/c1-9(2)13(14(18)19)16-12(17)7-6-10-4-3-5-11(15)8-10/h3-9,13H,1-2H3,(H,16,17)(H,18,19)/b7-6+/t13-/m1/s1. The lowest BCUT2D eigenvalue weighted by Crippen LogP contribution is -2.43. The third kappa shape index (κ3) is 4.91. The Bertz CT molecular complexity index is 497. The molecule has 0 aliphatic heterocycles. The van der Waals surface area contributed by atoms with Gasteiger partial charge < -0.3 is 10.4 Å². The van der Waals surface area contributed by atoms with Gasteiger partial charge in [-0.3, -0.25) is 4.79 Å². The van der Waals surface area contributed by atoms with Crippen LogP contribution in [0.5, 0.6) is 0 Å². The molecule has 0 saturated heterocycles. The summed E-state index contributed by atoms with van der Waals surface area (Å²) >= 11 is 0. The monoisotopic (exact) mass is 265 g/mol. The number of halogens is 1. The van der Waals surface area contributed by atoms with Gasteiger partial charge in [0, 0.05) is 6.08 Å². The maximum absolute atomic E-state index is 12.9. The van der Waals surface area contributed by atoms with Gasteiger partial charge in [0.05, 0.1) is 0 Å². The largest absolute Gasteiger partial charge is 0.480 e. The van der Waals surface area contributed by atoms with Crippen molar-refractivity contribution < 1.29 is 19.1 Å². The Morgan fingerprint density at radius 2 is 2.05 bits per heavy atom. The van der Waals surface area contributed by atoms with E-state index in [2.05, 4.69) is 5.32 Å². The molecule has 4 nitrogen and oxygen atoms in total. The molecule has 0 heterocycles. The number of hydrogen-bond acceptors (Lipinski definition) is 2. The maximum atomic E-state index is 12.9. The van der Waals surface area contributed by atoms with Gasteiger partial charge in [-0.1, -0.05) is 26.0 Å². The van der Waals surface area contributed by atoms with Gasteiger partial charge >= 0.3 is 5.97 Å². The second-order valence-electron chi connectivity index (χ2n) is 4.46. The summed E-state index contributed by atoms with van der Waals surface area (Å²) in [6, 6.07) is 4.81. The Kier molecular flexibility index (Phi) is 5.23. The summed E-state index contributed by atoms with van der Waals surface area (Å²) in [7, 11) is 0. The molecule has 0 spiro atoms. The van der Waals surface area contributed by atoms with Crippen LogP contribution < -0.4 is 5.32 Å². The summed E-state index contributed by atoms with van der Waals surface area (Å²) in [5, 5.41) is 11.3. The molecule has 2 N–H and O–H groups in total. The number of carboxylic acids is 1. The van der Waals surface area contributed by atoms with E-state index in [0.29, 0.717) is 5.56 Å². The molecule has 0 radical (unpaired) electrons. The van der Waals surface area contributed by atoms with E-state index in [-0.39, 0.29) is 5.92 Å². The lowest BCUT2D eigenvalue weighted by Gasteiger charge is -2.16.